The minimum absolute atomic E-state index is 0.668. The van der Waals surface area contributed by atoms with Crippen LogP contribution in [0.15, 0.2) is 158 Å². The molecule has 8 aromatic rings. The second-order valence-electron chi connectivity index (χ2n) is 16.2. The number of fused-ring (bicyclic) bond motifs is 2. The van der Waals surface area contributed by atoms with Crippen LogP contribution in [0.1, 0.15) is 63.8 Å². The second-order valence-corrected chi connectivity index (χ2v) is 21.0. The average Bonchev–Trinajstić information content (AvgIpc) is 3.87. The Morgan fingerprint density at radius 3 is 1.15 bits per heavy atom. The zero-order valence-corrected chi connectivity index (χ0v) is 41.7. The Bertz CT molecular complexity index is 2330. The first-order valence-electron chi connectivity index (χ1n) is 21.4. The quantitative estimate of drug-likeness (QED) is 0.0947. The Hall–Kier alpha value is -3.78. The Labute approximate surface area is 382 Å². The molecule has 8 rings (SSSR count). The van der Waals surface area contributed by atoms with Gasteiger partial charge in [-0.05, 0) is 82.0 Å². The normalized spacial score (nSPS) is 10.7. The predicted octanol–water partition coefficient (Wildman–Crippen LogP) is 17.5. The first-order valence-corrected chi connectivity index (χ1v) is 29.8. The molecule has 306 valence electrons. The van der Waals surface area contributed by atoms with Gasteiger partial charge in [-0.3, -0.25) is 0 Å². The molecule has 0 amide bonds. The molecule has 60 heavy (non-hydrogen) atoms. The number of benzene rings is 6. The Morgan fingerprint density at radius 2 is 0.817 bits per heavy atom. The number of hydrogen-bond acceptors (Lipinski definition) is 0. The van der Waals surface area contributed by atoms with Crippen molar-refractivity contribution in [3.8, 4) is 44.5 Å². The van der Waals surface area contributed by atoms with Gasteiger partial charge in [-0.2, -0.15) is 12.1 Å². The number of hydrogen-bond donors (Lipinski definition) is 0. The Kier molecular flexibility index (Phi) is 18.9. The molecule has 0 N–H and O–H groups in total. The maximum absolute atomic E-state index is 4.93. The van der Waals surface area contributed by atoms with Crippen LogP contribution in [0.2, 0.25) is 13.1 Å². The predicted molar refractivity (Wildman–Crippen MR) is 266 cm³/mol. The first-order chi connectivity index (χ1) is 29.2. The van der Waals surface area contributed by atoms with Crippen LogP contribution in [0.5, 0.6) is 0 Å². The van der Waals surface area contributed by atoms with Crippen LogP contribution >= 0.6 is 17.0 Å². The van der Waals surface area contributed by atoms with Crippen LogP contribution in [0, 0.1) is 11.8 Å². The maximum atomic E-state index is 4.93. The molecule has 0 atom stereocenters. The van der Waals surface area contributed by atoms with Crippen LogP contribution in [0.25, 0.3) is 66.1 Å². The number of rotatable bonds is 10. The summed E-state index contributed by atoms with van der Waals surface area (Å²) in [7, 11) is 11.0. The van der Waals surface area contributed by atoms with Gasteiger partial charge in [0, 0.05) is 9.52 Å². The molecule has 0 spiro atoms. The van der Waals surface area contributed by atoms with Gasteiger partial charge in [-0.15, -0.1) is 56.9 Å². The van der Waals surface area contributed by atoms with E-state index in [9.17, 15) is 0 Å². The average molecular weight is 923 g/mol. The van der Waals surface area contributed by atoms with Crippen molar-refractivity contribution in [2.45, 2.75) is 80.3 Å². The first kappa shape index (κ1) is 47.3. The van der Waals surface area contributed by atoms with Gasteiger partial charge in [0.15, 0.2) is 0 Å². The molecule has 0 unspecified atom stereocenters. The zero-order chi connectivity index (χ0) is 43.0. The summed E-state index contributed by atoms with van der Waals surface area (Å²) in [5, 5.41) is 5.47. The molecule has 0 aliphatic carbocycles. The molecule has 0 bridgehead atoms. The molecular formula is C56H60Cl2SiZr. The fourth-order valence-electron chi connectivity index (χ4n) is 8.31. The molecule has 2 radical (unpaired) electrons. The van der Waals surface area contributed by atoms with Crippen molar-refractivity contribution in [1.82, 2.24) is 0 Å². The fraction of sp³-hybridized carbons (Fsp3) is 0.250. The zero-order valence-electron chi connectivity index (χ0n) is 36.8. The molecule has 0 fully saturated rings. The van der Waals surface area contributed by atoms with Crippen molar-refractivity contribution in [3.63, 3.8) is 0 Å². The summed E-state index contributed by atoms with van der Waals surface area (Å²) >= 11 is -0.826. The molecule has 0 nitrogen and oxygen atoms in total. The van der Waals surface area contributed by atoms with Crippen LogP contribution in [-0.4, -0.2) is 9.52 Å². The van der Waals surface area contributed by atoms with E-state index in [4.69, 9.17) is 17.0 Å². The monoisotopic (exact) mass is 920 g/mol. The van der Waals surface area contributed by atoms with Crippen molar-refractivity contribution >= 4 is 48.1 Å². The summed E-state index contributed by atoms with van der Waals surface area (Å²) in [6.45, 7) is 18.0. The van der Waals surface area contributed by atoms with E-state index in [1.165, 1.54) is 88.3 Å². The number of aryl methyl sites for hydroxylation is 2. The topological polar surface area (TPSA) is 0 Å². The van der Waals surface area contributed by atoms with Gasteiger partial charge in [0.05, 0.1) is 0 Å². The molecule has 0 aliphatic heterocycles. The van der Waals surface area contributed by atoms with E-state index in [-0.39, 0.29) is 0 Å². The summed E-state index contributed by atoms with van der Waals surface area (Å²) in [6.07, 6.45) is 4.34. The molecule has 0 saturated carbocycles. The third kappa shape index (κ3) is 12.2. The fourth-order valence-corrected chi connectivity index (χ4v) is 8.31. The van der Waals surface area contributed by atoms with Crippen LogP contribution in [0.3, 0.4) is 0 Å². The van der Waals surface area contributed by atoms with Crippen LogP contribution in [0.4, 0.5) is 0 Å². The summed E-state index contributed by atoms with van der Waals surface area (Å²) < 4.78 is 0. The van der Waals surface area contributed by atoms with Gasteiger partial charge >= 0.3 is 37.9 Å². The van der Waals surface area contributed by atoms with Crippen molar-refractivity contribution < 1.29 is 20.8 Å². The second kappa shape index (κ2) is 24.0. The Morgan fingerprint density at radius 1 is 0.483 bits per heavy atom. The van der Waals surface area contributed by atoms with E-state index in [1.807, 2.05) is 0 Å². The standard InChI is InChI=1S/2C27H27.C2H6Si.2ClH.Zr/c2*1-4-21-10-8-9-13-24(21)27-25(22-11-6-5-7-12-22)15-14-23-17-20(16-19(2)3)18-26(23)27;1-3-2;;;/h2*5-15,17-19H,4,16H2,1-3H3;1-2H3;2*1H;/q2*-1;;;;+4/p-2. The van der Waals surface area contributed by atoms with E-state index in [2.05, 4.69) is 212 Å². The third-order valence-electron chi connectivity index (χ3n) is 10.7. The molecular weight excluding hydrogens is 863 g/mol. The van der Waals surface area contributed by atoms with E-state index in [0.29, 0.717) is 11.8 Å². The van der Waals surface area contributed by atoms with Crippen molar-refractivity contribution in [3.05, 3.63) is 180 Å². The van der Waals surface area contributed by atoms with E-state index in [1.54, 1.807) is 0 Å². The van der Waals surface area contributed by atoms with Crippen molar-refractivity contribution in [2.75, 3.05) is 0 Å². The van der Waals surface area contributed by atoms with Gasteiger partial charge in [0.1, 0.15) is 0 Å². The van der Waals surface area contributed by atoms with E-state index in [0.717, 1.165) is 35.2 Å². The van der Waals surface area contributed by atoms with Crippen LogP contribution in [-0.2, 0) is 46.5 Å². The van der Waals surface area contributed by atoms with Gasteiger partial charge in [0.2, 0.25) is 0 Å². The summed E-state index contributed by atoms with van der Waals surface area (Å²) in [6, 6.07) is 58.1. The van der Waals surface area contributed by atoms with Gasteiger partial charge in [0.25, 0.3) is 0 Å². The molecule has 0 aliphatic rings. The molecule has 0 heterocycles. The summed E-state index contributed by atoms with van der Waals surface area (Å²) in [5.41, 5.74) is 16.4. The van der Waals surface area contributed by atoms with Gasteiger partial charge < -0.3 is 0 Å². The molecule has 0 saturated heterocycles. The SMILES string of the molecule is CCc1ccccc1-c1c(-c2ccccc2)ccc2[cH-]c(CC(C)C)cc12.CCc1ccccc1-c1c(-c2ccccc2)ccc2[cH-]c(CC(C)C)cc12.C[Si]C.[Cl][Zr+2][Cl]. The summed E-state index contributed by atoms with van der Waals surface area (Å²) in [4.78, 5) is 0. The van der Waals surface area contributed by atoms with Gasteiger partial charge in [-0.25, -0.2) is 0 Å². The molecule has 0 aromatic heterocycles. The number of halogens is 2. The molecule has 8 aromatic carbocycles. The summed E-state index contributed by atoms with van der Waals surface area (Å²) in [5.74, 6) is 1.34. The third-order valence-corrected chi connectivity index (χ3v) is 10.7. The van der Waals surface area contributed by atoms with Crippen molar-refractivity contribution in [1.29, 1.82) is 0 Å². The van der Waals surface area contributed by atoms with E-state index >= 15 is 0 Å². The minimum atomic E-state index is -0.826. The van der Waals surface area contributed by atoms with Crippen molar-refractivity contribution in [2.24, 2.45) is 11.8 Å². The van der Waals surface area contributed by atoms with E-state index < -0.39 is 20.8 Å². The van der Waals surface area contributed by atoms with Gasteiger partial charge in [-0.1, -0.05) is 187 Å². The molecule has 4 heteroatoms. The Balaban J connectivity index is 0.000000201. The van der Waals surface area contributed by atoms with Crippen LogP contribution < -0.4 is 0 Å².